The number of aromatic nitrogens is 2. The van der Waals surface area contributed by atoms with Crippen LogP contribution in [0.3, 0.4) is 0 Å². The molecule has 1 aliphatic heterocycles. The molecule has 5 rings (SSSR count). The summed E-state index contributed by atoms with van der Waals surface area (Å²) in [5.74, 6) is 0.501. The molecule has 0 aliphatic carbocycles. The third kappa shape index (κ3) is 2.95. The Labute approximate surface area is 166 Å². The summed E-state index contributed by atoms with van der Waals surface area (Å²) in [5, 5.41) is 0.946. The van der Waals surface area contributed by atoms with Crippen LogP contribution >= 0.6 is 11.6 Å². The van der Waals surface area contributed by atoms with Gasteiger partial charge in [-0.2, -0.15) is 0 Å². The molecule has 142 valence electrons. The van der Waals surface area contributed by atoms with E-state index in [1.54, 1.807) is 18.2 Å². The molecule has 1 N–H and O–H groups in total. The number of nitrogens with one attached hydrogen (secondary N) is 1. The minimum atomic E-state index is -0.151. The molecule has 7 heteroatoms. The molecule has 3 heterocycles. The van der Waals surface area contributed by atoms with Gasteiger partial charge < -0.3 is 19.2 Å². The Morgan fingerprint density at radius 1 is 1.11 bits per heavy atom. The van der Waals surface area contributed by atoms with E-state index < -0.39 is 0 Å². The van der Waals surface area contributed by atoms with Gasteiger partial charge in [0.1, 0.15) is 23.2 Å². The number of nitrogens with zero attached hydrogens (tertiary/aromatic N) is 3. The third-order valence-electron chi connectivity index (χ3n) is 5.32. The lowest BCUT2D eigenvalue weighted by molar-refractivity contribution is 0.313. The number of halogens is 1. The van der Waals surface area contributed by atoms with Gasteiger partial charge in [-0.05, 0) is 43.4 Å². The summed E-state index contributed by atoms with van der Waals surface area (Å²) >= 11 is 6.04. The van der Waals surface area contributed by atoms with Crippen molar-refractivity contribution in [1.82, 2.24) is 14.9 Å². The zero-order valence-corrected chi connectivity index (χ0v) is 16.2. The number of hydrogen-bond acceptors (Lipinski definition) is 5. The molecule has 0 unspecified atom stereocenters. The van der Waals surface area contributed by atoms with Crippen molar-refractivity contribution in [2.45, 2.75) is 0 Å². The molecule has 0 amide bonds. The second-order valence-corrected chi connectivity index (χ2v) is 7.63. The molecule has 1 fully saturated rings. The summed E-state index contributed by atoms with van der Waals surface area (Å²) in [5.41, 5.74) is 3.63. The Kier molecular flexibility index (Phi) is 4.10. The maximum absolute atomic E-state index is 12.9. The highest BCUT2D eigenvalue weighted by atomic mass is 35.5. The minimum absolute atomic E-state index is 0.151. The van der Waals surface area contributed by atoms with E-state index in [1.807, 2.05) is 6.07 Å². The fourth-order valence-corrected chi connectivity index (χ4v) is 3.83. The number of hydrogen-bond donors (Lipinski definition) is 1. The lowest BCUT2D eigenvalue weighted by Crippen LogP contribution is -2.44. The summed E-state index contributed by atoms with van der Waals surface area (Å²) in [6, 6.07) is 11.2. The van der Waals surface area contributed by atoms with E-state index in [2.05, 4.69) is 38.9 Å². The van der Waals surface area contributed by atoms with Crippen molar-refractivity contribution in [1.29, 1.82) is 0 Å². The van der Waals surface area contributed by atoms with E-state index in [4.69, 9.17) is 16.0 Å². The number of H-pyrrole nitrogens is 1. The summed E-state index contributed by atoms with van der Waals surface area (Å²) in [6.45, 7) is 4.09. The second kappa shape index (κ2) is 6.65. The predicted octanol–water partition coefficient (Wildman–Crippen LogP) is 3.74. The lowest BCUT2D eigenvalue weighted by Gasteiger charge is -2.34. The molecule has 2 aromatic heterocycles. The van der Waals surface area contributed by atoms with Crippen molar-refractivity contribution < 1.29 is 4.42 Å². The molecule has 1 aliphatic rings. The summed E-state index contributed by atoms with van der Waals surface area (Å²) in [7, 11) is 2.14. The molecule has 0 bridgehead atoms. The Hall–Kier alpha value is -2.83. The smallest absolute Gasteiger partial charge is 0.203 e. The first kappa shape index (κ1) is 17.3. The Morgan fingerprint density at radius 3 is 2.75 bits per heavy atom. The number of benzene rings is 2. The van der Waals surface area contributed by atoms with Crippen LogP contribution in [0.4, 0.5) is 5.69 Å². The normalized spacial score (nSPS) is 15.6. The highest BCUT2D eigenvalue weighted by Crippen LogP contribution is 2.26. The number of rotatable bonds is 2. The van der Waals surface area contributed by atoms with Crippen LogP contribution in [0.5, 0.6) is 0 Å². The Bertz CT molecular complexity index is 1240. The average Bonchev–Trinajstić information content (AvgIpc) is 3.12. The monoisotopic (exact) mass is 394 g/mol. The van der Waals surface area contributed by atoms with Crippen LogP contribution in [-0.2, 0) is 0 Å². The van der Waals surface area contributed by atoms with Crippen LogP contribution in [0.1, 0.15) is 0 Å². The van der Waals surface area contributed by atoms with Crippen LogP contribution in [0.2, 0.25) is 5.02 Å². The zero-order valence-electron chi connectivity index (χ0n) is 15.4. The van der Waals surface area contributed by atoms with E-state index in [0.29, 0.717) is 27.4 Å². The van der Waals surface area contributed by atoms with Gasteiger partial charge in [-0.3, -0.25) is 4.79 Å². The topological polar surface area (TPSA) is 65.4 Å². The van der Waals surface area contributed by atoms with Crippen LogP contribution in [-0.4, -0.2) is 48.1 Å². The summed E-state index contributed by atoms with van der Waals surface area (Å²) in [4.78, 5) is 25.5. The average molecular weight is 395 g/mol. The van der Waals surface area contributed by atoms with E-state index in [0.717, 1.165) is 42.9 Å². The fourth-order valence-electron chi connectivity index (χ4n) is 3.65. The van der Waals surface area contributed by atoms with Crippen LogP contribution in [0.15, 0.2) is 51.9 Å². The number of piperazine rings is 1. The third-order valence-corrected chi connectivity index (χ3v) is 5.56. The second-order valence-electron chi connectivity index (χ2n) is 7.20. The quantitative estimate of drug-likeness (QED) is 0.561. The SMILES string of the molecule is CN1CCN(c2ccc3nc(-c4coc5ccc(Cl)cc5c4=O)[nH]c3c2)CC1. The lowest BCUT2D eigenvalue weighted by atomic mass is 10.1. The van der Waals surface area contributed by atoms with Gasteiger partial charge >= 0.3 is 0 Å². The van der Waals surface area contributed by atoms with Gasteiger partial charge in [0, 0.05) is 36.9 Å². The molecule has 4 aromatic rings. The molecule has 2 aromatic carbocycles. The van der Waals surface area contributed by atoms with Crippen LogP contribution < -0.4 is 10.3 Å². The molecule has 6 nitrogen and oxygen atoms in total. The van der Waals surface area contributed by atoms with Gasteiger partial charge in [0.25, 0.3) is 0 Å². The first-order valence-corrected chi connectivity index (χ1v) is 9.61. The molecule has 0 spiro atoms. The van der Waals surface area contributed by atoms with Crippen molar-refractivity contribution >= 4 is 39.3 Å². The maximum atomic E-state index is 12.9. The van der Waals surface area contributed by atoms with Gasteiger partial charge in [-0.15, -0.1) is 0 Å². The van der Waals surface area contributed by atoms with Gasteiger partial charge in [0.2, 0.25) is 5.43 Å². The standard InChI is InChI=1S/C21H19ClN4O2/c1-25-6-8-26(9-7-25)14-3-4-17-18(11-14)24-21(23-17)16-12-28-19-5-2-13(22)10-15(19)20(16)27/h2-5,10-12H,6-9H2,1H3,(H,23,24). The number of aromatic amines is 1. The molecular weight excluding hydrogens is 376 g/mol. The zero-order chi connectivity index (χ0) is 19.3. The van der Waals surface area contributed by atoms with Gasteiger partial charge in [0.15, 0.2) is 0 Å². The largest absolute Gasteiger partial charge is 0.463 e. The van der Waals surface area contributed by atoms with E-state index in [9.17, 15) is 4.79 Å². The van der Waals surface area contributed by atoms with Crippen molar-refractivity contribution in [3.05, 3.63) is 57.9 Å². The number of anilines is 1. The van der Waals surface area contributed by atoms with Crippen LogP contribution in [0, 0.1) is 0 Å². The first-order chi connectivity index (χ1) is 13.6. The molecule has 0 radical (unpaired) electrons. The fraction of sp³-hybridized carbons (Fsp3) is 0.238. The highest BCUT2D eigenvalue weighted by molar-refractivity contribution is 6.31. The molecule has 0 saturated carbocycles. The van der Waals surface area contributed by atoms with E-state index in [1.165, 1.54) is 6.26 Å². The van der Waals surface area contributed by atoms with Crippen molar-refractivity contribution in [2.75, 3.05) is 38.1 Å². The van der Waals surface area contributed by atoms with Crippen molar-refractivity contribution in [3.63, 3.8) is 0 Å². The molecule has 28 heavy (non-hydrogen) atoms. The summed E-state index contributed by atoms with van der Waals surface area (Å²) < 4.78 is 5.63. The Morgan fingerprint density at radius 2 is 1.93 bits per heavy atom. The first-order valence-electron chi connectivity index (χ1n) is 9.23. The number of likely N-dealkylation sites (N-methyl/N-ethyl adjacent to an activating group) is 1. The van der Waals surface area contributed by atoms with Gasteiger partial charge in [-0.1, -0.05) is 11.6 Å². The molecule has 0 atom stereocenters. The minimum Gasteiger partial charge on any atom is -0.463 e. The highest BCUT2D eigenvalue weighted by Gasteiger charge is 2.17. The molecular formula is C21H19ClN4O2. The molecule has 1 saturated heterocycles. The van der Waals surface area contributed by atoms with Gasteiger partial charge in [-0.25, -0.2) is 4.98 Å². The van der Waals surface area contributed by atoms with Crippen molar-refractivity contribution in [2.24, 2.45) is 0 Å². The maximum Gasteiger partial charge on any atom is 0.203 e. The van der Waals surface area contributed by atoms with Crippen molar-refractivity contribution in [3.8, 4) is 11.4 Å². The summed E-state index contributed by atoms with van der Waals surface area (Å²) in [6.07, 6.45) is 1.46. The van der Waals surface area contributed by atoms with E-state index in [-0.39, 0.29) is 5.43 Å². The van der Waals surface area contributed by atoms with E-state index >= 15 is 0 Å². The number of fused-ring (bicyclic) bond motifs is 2. The van der Waals surface area contributed by atoms with Gasteiger partial charge in [0.05, 0.1) is 16.4 Å². The predicted molar refractivity (Wildman–Crippen MR) is 112 cm³/mol. The number of imidazole rings is 1. The Balaban J connectivity index is 1.56. The van der Waals surface area contributed by atoms with Crippen LogP contribution in [0.25, 0.3) is 33.4 Å².